The Morgan fingerprint density at radius 1 is 1.32 bits per heavy atom. The second-order valence-corrected chi connectivity index (χ2v) is 5.45. The first kappa shape index (κ1) is 18.4. The van der Waals surface area contributed by atoms with Crippen LogP contribution in [-0.2, 0) is 11.2 Å². The molecular formula is C17H16ClN3O4. The number of benzene rings is 2. The molecule has 1 amide bonds. The summed E-state index contributed by atoms with van der Waals surface area (Å²) in [6.07, 6.45) is 2.22. The Hall–Kier alpha value is -2.93. The molecule has 0 atom stereocenters. The molecule has 0 aliphatic heterocycles. The van der Waals surface area contributed by atoms with E-state index in [1.54, 1.807) is 18.2 Å². The number of hydrogen-bond acceptors (Lipinski definition) is 5. The molecule has 0 aromatic heterocycles. The number of hydrazone groups is 1. The summed E-state index contributed by atoms with van der Waals surface area (Å²) in [5.74, 6) is 0.143. The SMILES string of the molecule is CCc1ccc(OCC(=O)N/N=C\c2ccc(Cl)c([N+](=O)[O-])c2)cc1. The fourth-order valence-corrected chi connectivity index (χ4v) is 2.12. The smallest absolute Gasteiger partial charge is 0.288 e. The van der Waals surface area contributed by atoms with Gasteiger partial charge in [0.05, 0.1) is 11.1 Å². The maximum atomic E-state index is 11.7. The number of ether oxygens (including phenoxy) is 1. The molecule has 0 unspecified atom stereocenters. The van der Waals surface area contributed by atoms with Crippen molar-refractivity contribution in [1.82, 2.24) is 5.43 Å². The number of amides is 1. The lowest BCUT2D eigenvalue weighted by atomic mass is 10.2. The van der Waals surface area contributed by atoms with Crippen molar-refractivity contribution in [3.8, 4) is 5.75 Å². The van der Waals surface area contributed by atoms with Crippen molar-refractivity contribution in [2.75, 3.05) is 6.61 Å². The molecule has 130 valence electrons. The quantitative estimate of drug-likeness (QED) is 0.465. The number of nitrogens with zero attached hydrogens (tertiary/aromatic N) is 2. The van der Waals surface area contributed by atoms with Crippen molar-refractivity contribution in [2.45, 2.75) is 13.3 Å². The third-order valence-electron chi connectivity index (χ3n) is 3.27. The Bertz CT molecular complexity index is 791. The second-order valence-electron chi connectivity index (χ2n) is 5.05. The van der Waals surface area contributed by atoms with Gasteiger partial charge in [0.2, 0.25) is 0 Å². The lowest BCUT2D eigenvalue weighted by molar-refractivity contribution is -0.384. The van der Waals surface area contributed by atoms with Crippen LogP contribution in [0.1, 0.15) is 18.1 Å². The average molecular weight is 362 g/mol. The predicted molar refractivity (Wildman–Crippen MR) is 95.2 cm³/mol. The molecule has 0 aliphatic rings. The fraction of sp³-hybridized carbons (Fsp3) is 0.176. The van der Waals surface area contributed by atoms with Crippen LogP contribution in [-0.4, -0.2) is 23.7 Å². The highest BCUT2D eigenvalue weighted by Gasteiger charge is 2.11. The number of nitro benzene ring substituents is 1. The minimum Gasteiger partial charge on any atom is -0.484 e. The van der Waals surface area contributed by atoms with Crippen LogP contribution in [0, 0.1) is 10.1 Å². The van der Waals surface area contributed by atoms with Gasteiger partial charge < -0.3 is 4.74 Å². The van der Waals surface area contributed by atoms with Gasteiger partial charge >= 0.3 is 0 Å². The summed E-state index contributed by atoms with van der Waals surface area (Å²) in [6.45, 7) is 1.86. The predicted octanol–water partition coefficient (Wildman–Crippen LogP) is 3.34. The van der Waals surface area contributed by atoms with Gasteiger partial charge in [0, 0.05) is 11.6 Å². The minimum atomic E-state index is -0.587. The first-order chi connectivity index (χ1) is 12.0. The highest BCUT2D eigenvalue weighted by molar-refractivity contribution is 6.32. The third-order valence-corrected chi connectivity index (χ3v) is 3.59. The summed E-state index contributed by atoms with van der Waals surface area (Å²) < 4.78 is 5.34. The van der Waals surface area contributed by atoms with Gasteiger partial charge in [-0.1, -0.05) is 36.7 Å². The number of carbonyl (C=O) groups excluding carboxylic acids is 1. The number of nitrogens with one attached hydrogen (secondary N) is 1. The van der Waals surface area contributed by atoms with Crippen LogP contribution in [0.3, 0.4) is 0 Å². The topological polar surface area (TPSA) is 93.8 Å². The first-order valence-corrected chi connectivity index (χ1v) is 7.85. The van der Waals surface area contributed by atoms with E-state index in [2.05, 4.69) is 17.5 Å². The molecule has 0 fully saturated rings. The van der Waals surface area contributed by atoms with Crippen molar-refractivity contribution < 1.29 is 14.5 Å². The normalized spacial score (nSPS) is 10.6. The van der Waals surface area contributed by atoms with Gasteiger partial charge in [0.1, 0.15) is 10.8 Å². The summed E-state index contributed by atoms with van der Waals surface area (Å²) in [4.78, 5) is 21.9. The average Bonchev–Trinajstić information content (AvgIpc) is 2.61. The van der Waals surface area contributed by atoms with Crippen LogP contribution in [0.5, 0.6) is 5.75 Å². The Balaban J connectivity index is 1.85. The van der Waals surface area contributed by atoms with E-state index in [1.165, 1.54) is 23.9 Å². The van der Waals surface area contributed by atoms with Crippen LogP contribution >= 0.6 is 11.6 Å². The maximum Gasteiger partial charge on any atom is 0.288 e. The molecule has 7 nitrogen and oxygen atoms in total. The monoisotopic (exact) mass is 361 g/mol. The Labute approximate surface area is 149 Å². The molecule has 0 aliphatic carbocycles. The van der Waals surface area contributed by atoms with Gasteiger partial charge in [-0.2, -0.15) is 5.10 Å². The van der Waals surface area contributed by atoms with Gasteiger partial charge in [-0.25, -0.2) is 5.43 Å². The van der Waals surface area contributed by atoms with Crippen molar-refractivity contribution in [3.63, 3.8) is 0 Å². The summed E-state index contributed by atoms with van der Waals surface area (Å²) in [6, 6.07) is 11.7. The summed E-state index contributed by atoms with van der Waals surface area (Å²) in [5, 5.41) is 14.6. The zero-order valence-electron chi connectivity index (χ0n) is 13.4. The molecule has 8 heteroatoms. The molecule has 1 N–H and O–H groups in total. The lowest BCUT2D eigenvalue weighted by Gasteiger charge is -2.05. The zero-order valence-corrected chi connectivity index (χ0v) is 14.2. The van der Waals surface area contributed by atoms with Crippen LogP contribution in [0.4, 0.5) is 5.69 Å². The number of carbonyl (C=O) groups is 1. The molecule has 0 spiro atoms. The van der Waals surface area contributed by atoms with Gasteiger partial charge in [-0.15, -0.1) is 0 Å². The minimum absolute atomic E-state index is 0.0358. The Morgan fingerprint density at radius 3 is 2.68 bits per heavy atom. The largest absolute Gasteiger partial charge is 0.484 e. The van der Waals surface area contributed by atoms with E-state index in [9.17, 15) is 14.9 Å². The van der Waals surface area contributed by atoms with Crippen LogP contribution in [0.2, 0.25) is 5.02 Å². The molecule has 0 heterocycles. The highest BCUT2D eigenvalue weighted by Crippen LogP contribution is 2.24. The lowest BCUT2D eigenvalue weighted by Crippen LogP contribution is -2.24. The molecular weight excluding hydrogens is 346 g/mol. The number of halogens is 1. The second kappa shape index (κ2) is 8.79. The summed E-state index contributed by atoms with van der Waals surface area (Å²) >= 11 is 5.72. The van der Waals surface area contributed by atoms with Crippen LogP contribution in [0.15, 0.2) is 47.6 Å². The van der Waals surface area contributed by atoms with Crippen molar-refractivity contribution in [3.05, 3.63) is 68.7 Å². The number of hydrogen-bond donors (Lipinski definition) is 1. The highest BCUT2D eigenvalue weighted by atomic mass is 35.5. The molecule has 25 heavy (non-hydrogen) atoms. The van der Waals surface area contributed by atoms with Gasteiger partial charge in [0.15, 0.2) is 6.61 Å². The zero-order chi connectivity index (χ0) is 18.2. The van der Waals surface area contributed by atoms with Crippen molar-refractivity contribution in [2.24, 2.45) is 5.10 Å². The maximum absolute atomic E-state index is 11.7. The van der Waals surface area contributed by atoms with Crippen molar-refractivity contribution >= 4 is 29.4 Å². The van der Waals surface area contributed by atoms with E-state index in [1.807, 2.05) is 12.1 Å². The standard InChI is InChI=1S/C17H16ClN3O4/c1-2-12-3-6-14(7-4-12)25-11-17(22)20-19-10-13-5-8-15(18)16(9-13)21(23)24/h3-10H,2,11H2,1H3,(H,20,22)/b19-10-. The van der Waals surface area contributed by atoms with Crippen molar-refractivity contribution in [1.29, 1.82) is 0 Å². The van der Waals surface area contributed by atoms with E-state index < -0.39 is 10.8 Å². The number of rotatable bonds is 7. The first-order valence-electron chi connectivity index (χ1n) is 7.47. The number of aryl methyl sites for hydroxylation is 1. The molecule has 0 saturated carbocycles. The summed E-state index contributed by atoms with van der Waals surface area (Å²) in [7, 11) is 0. The molecule has 2 aromatic rings. The Kier molecular flexibility index (Phi) is 6.47. The molecule has 2 rings (SSSR count). The van der Waals surface area contributed by atoms with Gasteiger partial charge in [-0.3, -0.25) is 14.9 Å². The van der Waals surface area contributed by atoms with Crippen LogP contribution in [0.25, 0.3) is 0 Å². The van der Waals surface area contributed by atoms with E-state index in [0.717, 1.165) is 6.42 Å². The van der Waals surface area contributed by atoms with Gasteiger partial charge in [-0.05, 0) is 30.2 Å². The fourth-order valence-electron chi connectivity index (χ4n) is 1.93. The van der Waals surface area contributed by atoms with E-state index >= 15 is 0 Å². The van der Waals surface area contributed by atoms with Gasteiger partial charge in [0.25, 0.3) is 11.6 Å². The molecule has 0 radical (unpaired) electrons. The molecule has 0 saturated heterocycles. The van der Waals surface area contributed by atoms with E-state index in [-0.39, 0.29) is 17.3 Å². The molecule has 2 aromatic carbocycles. The number of nitro groups is 1. The van der Waals surface area contributed by atoms with E-state index in [0.29, 0.717) is 11.3 Å². The van der Waals surface area contributed by atoms with Crippen LogP contribution < -0.4 is 10.2 Å². The summed E-state index contributed by atoms with van der Waals surface area (Å²) in [5.41, 5.74) is 3.68. The molecule has 0 bridgehead atoms. The third kappa shape index (κ3) is 5.58. The Morgan fingerprint density at radius 2 is 2.04 bits per heavy atom. The van der Waals surface area contributed by atoms with E-state index in [4.69, 9.17) is 16.3 Å².